The van der Waals surface area contributed by atoms with Gasteiger partial charge in [0.2, 0.25) is 17.4 Å². The number of carbonyl (C=O) groups excluding carboxylic acids is 1. The molecule has 0 aromatic heterocycles. The Bertz CT molecular complexity index is 725. The van der Waals surface area contributed by atoms with Gasteiger partial charge in [-0.25, -0.2) is 8.78 Å². The van der Waals surface area contributed by atoms with Gasteiger partial charge in [0, 0.05) is 5.56 Å². The predicted molar refractivity (Wildman–Crippen MR) is 72.9 cm³/mol. The fourth-order valence-corrected chi connectivity index (χ4v) is 1.80. The van der Waals surface area contributed by atoms with Gasteiger partial charge in [0.15, 0.2) is 11.6 Å². The second-order valence-electron chi connectivity index (χ2n) is 4.29. The molecule has 2 aromatic carbocycles. The van der Waals surface area contributed by atoms with Crippen molar-refractivity contribution >= 4 is 12.4 Å². The zero-order chi connectivity index (χ0) is 16.3. The van der Waals surface area contributed by atoms with Gasteiger partial charge in [0.25, 0.3) is 0 Å². The van der Waals surface area contributed by atoms with E-state index in [9.17, 15) is 22.4 Å². The van der Waals surface area contributed by atoms with E-state index in [1.807, 2.05) is 0 Å². The molecule has 6 heteroatoms. The van der Waals surface area contributed by atoms with Crippen LogP contribution in [0.2, 0.25) is 0 Å². The molecule has 0 saturated heterocycles. The van der Waals surface area contributed by atoms with E-state index in [4.69, 9.17) is 4.74 Å². The Balaban J connectivity index is 2.54. The third kappa shape index (κ3) is 2.86. The van der Waals surface area contributed by atoms with Crippen LogP contribution in [0.25, 0.3) is 6.08 Å². The maximum atomic E-state index is 13.9. The van der Waals surface area contributed by atoms with Gasteiger partial charge in [-0.2, -0.15) is 8.78 Å². The van der Waals surface area contributed by atoms with Crippen molar-refractivity contribution in [1.29, 1.82) is 0 Å². The second-order valence-corrected chi connectivity index (χ2v) is 4.29. The van der Waals surface area contributed by atoms with Crippen LogP contribution in [0.1, 0.15) is 22.8 Å². The molecule has 0 bridgehead atoms. The standard InChI is InChI=1S/C16H10F4O2/c1-2-4-11-12(17)14(19)16(15(20)13(11)18)22-10-6-3-5-9(7-10)8-21/h2-8H,1H3. The highest BCUT2D eigenvalue weighted by Gasteiger charge is 2.25. The normalized spacial score (nSPS) is 11.0. The largest absolute Gasteiger partial charge is 0.451 e. The highest BCUT2D eigenvalue weighted by Crippen LogP contribution is 2.34. The smallest absolute Gasteiger partial charge is 0.205 e. The van der Waals surface area contributed by atoms with Crippen LogP contribution in [0.4, 0.5) is 17.6 Å². The number of carbonyl (C=O) groups is 1. The fraction of sp³-hybridized carbons (Fsp3) is 0.0625. The van der Waals surface area contributed by atoms with Crippen LogP contribution in [0.3, 0.4) is 0 Å². The average molecular weight is 310 g/mol. The Kier molecular flexibility index (Phi) is 4.60. The van der Waals surface area contributed by atoms with Gasteiger partial charge in [0.1, 0.15) is 12.0 Å². The maximum absolute atomic E-state index is 13.9. The summed E-state index contributed by atoms with van der Waals surface area (Å²) in [5.41, 5.74) is -0.642. The van der Waals surface area contributed by atoms with E-state index in [0.29, 0.717) is 6.29 Å². The zero-order valence-corrected chi connectivity index (χ0v) is 11.4. The van der Waals surface area contributed by atoms with Crippen molar-refractivity contribution in [2.24, 2.45) is 0 Å². The predicted octanol–water partition coefficient (Wildman–Crippen LogP) is 4.88. The minimum atomic E-state index is -1.65. The van der Waals surface area contributed by atoms with E-state index in [0.717, 1.165) is 6.08 Å². The molecule has 0 N–H and O–H groups in total. The first-order valence-corrected chi connectivity index (χ1v) is 6.21. The number of allylic oxidation sites excluding steroid dienone is 1. The summed E-state index contributed by atoms with van der Waals surface area (Å²) in [5.74, 6) is -7.74. The molecule has 0 unspecified atom stereocenters. The molecule has 0 atom stereocenters. The molecule has 2 nitrogen and oxygen atoms in total. The van der Waals surface area contributed by atoms with E-state index in [1.54, 1.807) is 0 Å². The summed E-state index contributed by atoms with van der Waals surface area (Å²) in [4.78, 5) is 10.6. The Morgan fingerprint density at radius 3 is 2.18 bits per heavy atom. The summed E-state index contributed by atoms with van der Waals surface area (Å²) in [6.07, 6.45) is 2.65. The lowest BCUT2D eigenvalue weighted by atomic mass is 10.1. The molecule has 0 aliphatic rings. The number of hydrogen-bond acceptors (Lipinski definition) is 2. The van der Waals surface area contributed by atoms with Crippen LogP contribution in [-0.2, 0) is 0 Å². The van der Waals surface area contributed by atoms with E-state index < -0.39 is 34.6 Å². The maximum Gasteiger partial charge on any atom is 0.205 e. The first kappa shape index (κ1) is 15.8. The SMILES string of the molecule is CC=Cc1c(F)c(F)c(Oc2cccc(C=O)c2)c(F)c1F. The molecule has 2 rings (SSSR count). The van der Waals surface area contributed by atoms with Crippen molar-refractivity contribution < 1.29 is 27.1 Å². The third-order valence-electron chi connectivity index (χ3n) is 2.80. The number of hydrogen-bond donors (Lipinski definition) is 0. The van der Waals surface area contributed by atoms with Crippen LogP contribution in [0.5, 0.6) is 11.5 Å². The molecule has 2 aromatic rings. The Hall–Kier alpha value is -2.63. The monoisotopic (exact) mass is 310 g/mol. The Morgan fingerprint density at radius 2 is 1.64 bits per heavy atom. The average Bonchev–Trinajstić information content (AvgIpc) is 2.54. The molecule has 0 radical (unpaired) electrons. The van der Waals surface area contributed by atoms with E-state index in [2.05, 4.69) is 0 Å². The number of rotatable bonds is 4. The van der Waals surface area contributed by atoms with Gasteiger partial charge >= 0.3 is 0 Å². The van der Waals surface area contributed by atoms with Gasteiger partial charge in [-0.1, -0.05) is 24.3 Å². The molecule has 0 aliphatic carbocycles. The Labute approximate surface area is 123 Å². The molecule has 0 spiro atoms. The first-order chi connectivity index (χ1) is 10.5. The highest BCUT2D eigenvalue weighted by atomic mass is 19.2. The molecule has 22 heavy (non-hydrogen) atoms. The molecule has 0 saturated carbocycles. The van der Waals surface area contributed by atoms with E-state index >= 15 is 0 Å². The number of ether oxygens (including phenoxy) is 1. The summed E-state index contributed by atoms with van der Waals surface area (Å²) in [6.45, 7) is 1.45. The van der Waals surface area contributed by atoms with E-state index in [-0.39, 0.29) is 11.3 Å². The molecule has 0 amide bonds. The minimum absolute atomic E-state index is 0.125. The number of halogens is 4. The summed E-state index contributed by atoms with van der Waals surface area (Å²) in [5, 5.41) is 0. The van der Waals surface area contributed by atoms with Gasteiger partial charge in [-0.15, -0.1) is 0 Å². The molecule has 114 valence electrons. The van der Waals surface area contributed by atoms with Crippen molar-refractivity contribution in [2.75, 3.05) is 0 Å². The van der Waals surface area contributed by atoms with Gasteiger partial charge < -0.3 is 4.74 Å². The summed E-state index contributed by atoms with van der Waals surface area (Å²) in [7, 11) is 0. The van der Waals surface area contributed by atoms with Gasteiger partial charge in [-0.05, 0) is 19.1 Å². The van der Waals surface area contributed by atoms with Crippen LogP contribution in [0, 0.1) is 23.3 Å². The molecule has 0 heterocycles. The van der Waals surface area contributed by atoms with Crippen molar-refractivity contribution in [1.82, 2.24) is 0 Å². The summed E-state index contributed by atoms with van der Waals surface area (Å²) < 4.78 is 60.2. The Morgan fingerprint density at radius 1 is 1.00 bits per heavy atom. The van der Waals surface area contributed by atoms with Crippen molar-refractivity contribution in [3.05, 3.63) is 64.7 Å². The van der Waals surface area contributed by atoms with Crippen LogP contribution < -0.4 is 4.74 Å². The van der Waals surface area contributed by atoms with Crippen molar-refractivity contribution in [2.45, 2.75) is 6.92 Å². The molecule has 0 fully saturated rings. The zero-order valence-electron chi connectivity index (χ0n) is 11.4. The summed E-state index contributed by atoms with van der Waals surface area (Å²) >= 11 is 0. The fourth-order valence-electron chi connectivity index (χ4n) is 1.80. The minimum Gasteiger partial charge on any atom is -0.451 e. The summed E-state index contributed by atoms with van der Waals surface area (Å²) in [6, 6.07) is 5.31. The lowest BCUT2D eigenvalue weighted by molar-refractivity contribution is 0.112. The van der Waals surface area contributed by atoms with E-state index in [1.165, 1.54) is 37.3 Å². The molecule has 0 aliphatic heterocycles. The number of aldehydes is 1. The second kappa shape index (κ2) is 6.43. The lowest BCUT2D eigenvalue weighted by Crippen LogP contribution is -2.03. The lowest BCUT2D eigenvalue weighted by Gasteiger charge is -2.11. The van der Waals surface area contributed by atoms with Gasteiger partial charge in [0.05, 0.1) is 5.56 Å². The highest BCUT2D eigenvalue weighted by molar-refractivity contribution is 5.75. The topological polar surface area (TPSA) is 26.3 Å². The molecular weight excluding hydrogens is 300 g/mol. The van der Waals surface area contributed by atoms with Crippen molar-refractivity contribution in [3.63, 3.8) is 0 Å². The molecular formula is C16H10F4O2. The number of benzene rings is 2. The quantitative estimate of drug-likeness (QED) is 0.457. The first-order valence-electron chi connectivity index (χ1n) is 6.21. The van der Waals surface area contributed by atoms with Crippen LogP contribution in [-0.4, -0.2) is 6.29 Å². The third-order valence-corrected chi connectivity index (χ3v) is 2.80. The van der Waals surface area contributed by atoms with Crippen molar-refractivity contribution in [3.8, 4) is 11.5 Å². The van der Waals surface area contributed by atoms with Crippen LogP contribution >= 0.6 is 0 Å². The van der Waals surface area contributed by atoms with Gasteiger partial charge in [-0.3, -0.25) is 4.79 Å². The van der Waals surface area contributed by atoms with Crippen LogP contribution in [0.15, 0.2) is 30.3 Å².